The molecule has 6 nitrogen and oxygen atoms in total. The second-order valence-electron chi connectivity index (χ2n) is 6.40. The van der Waals surface area contributed by atoms with Crippen LogP contribution in [-0.4, -0.2) is 38.5 Å². The Kier molecular flexibility index (Phi) is 5.29. The van der Waals surface area contributed by atoms with Crippen molar-refractivity contribution in [1.82, 2.24) is 4.31 Å². The van der Waals surface area contributed by atoms with Crippen molar-refractivity contribution >= 4 is 21.6 Å². The lowest BCUT2D eigenvalue weighted by atomic mass is 10.0. The number of nitrogens with zero attached hydrogens (tertiary/aromatic N) is 1. The lowest BCUT2D eigenvalue weighted by molar-refractivity contribution is -0.115. The molecule has 7 heteroatoms. The third kappa shape index (κ3) is 4.42. The van der Waals surface area contributed by atoms with Crippen LogP contribution < -0.4 is 10.1 Å². The normalized spacial score (nSPS) is 14.5. The summed E-state index contributed by atoms with van der Waals surface area (Å²) in [5.41, 5.74) is 3.63. The van der Waals surface area contributed by atoms with Crippen molar-refractivity contribution < 1.29 is 17.9 Å². The van der Waals surface area contributed by atoms with E-state index in [-0.39, 0.29) is 12.3 Å². The minimum Gasteiger partial charge on any atom is -0.497 e. The molecule has 1 N–H and O–H groups in total. The van der Waals surface area contributed by atoms with Crippen LogP contribution >= 0.6 is 0 Å². The zero-order valence-electron chi connectivity index (χ0n) is 14.9. The van der Waals surface area contributed by atoms with E-state index in [1.807, 2.05) is 42.5 Å². The number of carbonyl (C=O) groups is 1. The molecule has 138 valence electrons. The third-order valence-corrected chi connectivity index (χ3v) is 5.71. The van der Waals surface area contributed by atoms with E-state index in [9.17, 15) is 13.2 Å². The minimum atomic E-state index is -3.22. The maximum Gasteiger partial charge on any atom is 0.228 e. The van der Waals surface area contributed by atoms with Crippen molar-refractivity contribution in [2.24, 2.45) is 0 Å². The first-order valence-electron chi connectivity index (χ1n) is 8.35. The first kappa shape index (κ1) is 18.4. The monoisotopic (exact) mass is 374 g/mol. The zero-order valence-corrected chi connectivity index (χ0v) is 15.7. The fraction of sp³-hybridized carbons (Fsp3) is 0.316. The van der Waals surface area contributed by atoms with Crippen molar-refractivity contribution in [1.29, 1.82) is 0 Å². The molecule has 2 aromatic carbocycles. The van der Waals surface area contributed by atoms with E-state index in [0.29, 0.717) is 25.2 Å². The molecule has 0 radical (unpaired) electrons. The summed E-state index contributed by atoms with van der Waals surface area (Å²) in [6, 6.07) is 13.0. The van der Waals surface area contributed by atoms with Crippen LogP contribution in [0.4, 0.5) is 5.69 Å². The van der Waals surface area contributed by atoms with Crippen molar-refractivity contribution in [2.75, 3.05) is 25.2 Å². The molecule has 26 heavy (non-hydrogen) atoms. The molecule has 0 fully saturated rings. The van der Waals surface area contributed by atoms with Gasteiger partial charge in [-0.1, -0.05) is 18.2 Å². The predicted molar refractivity (Wildman–Crippen MR) is 101 cm³/mol. The molecule has 1 aliphatic rings. The molecule has 0 aliphatic carbocycles. The number of nitrogens with one attached hydrogen (secondary N) is 1. The summed E-state index contributed by atoms with van der Waals surface area (Å²) in [4.78, 5) is 12.3. The van der Waals surface area contributed by atoms with Gasteiger partial charge in [0.15, 0.2) is 0 Å². The Hall–Kier alpha value is -2.38. The molecule has 0 unspecified atom stereocenters. The van der Waals surface area contributed by atoms with Gasteiger partial charge in [0.2, 0.25) is 15.9 Å². The first-order valence-corrected chi connectivity index (χ1v) is 10.2. The fourth-order valence-corrected chi connectivity index (χ4v) is 3.82. The first-order chi connectivity index (χ1) is 12.3. The highest BCUT2D eigenvalue weighted by Crippen LogP contribution is 2.24. The van der Waals surface area contributed by atoms with Crippen LogP contribution in [0, 0.1) is 0 Å². The Morgan fingerprint density at radius 2 is 1.88 bits per heavy atom. The van der Waals surface area contributed by atoms with Crippen LogP contribution in [-0.2, 0) is 34.2 Å². The number of carbonyl (C=O) groups excluding carboxylic acids is 1. The van der Waals surface area contributed by atoms with Gasteiger partial charge in [-0.05, 0) is 47.4 Å². The maximum absolute atomic E-state index is 12.3. The third-order valence-electron chi connectivity index (χ3n) is 4.46. The van der Waals surface area contributed by atoms with Crippen LogP contribution in [0.2, 0.25) is 0 Å². The number of fused-ring (bicyclic) bond motifs is 1. The largest absolute Gasteiger partial charge is 0.497 e. The van der Waals surface area contributed by atoms with E-state index in [1.165, 1.54) is 10.6 Å². The highest BCUT2D eigenvalue weighted by atomic mass is 32.2. The van der Waals surface area contributed by atoms with E-state index >= 15 is 0 Å². The molecule has 0 bridgehead atoms. The summed E-state index contributed by atoms with van der Waals surface area (Å²) < 4.78 is 30.1. The van der Waals surface area contributed by atoms with Gasteiger partial charge in [0, 0.05) is 18.8 Å². The van der Waals surface area contributed by atoms with Crippen molar-refractivity contribution in [3.63, 3.8) is 0 Å². The summed E-state index contributed by atoms with van der Waals surface area (Å²) in [7, 11) is -1.62. The van der Waals surface area contributed by atoms with Crippen LogP contribution in [0.3, 0.4) is 0 Å². The lowest BCUT2D eigenvalue weighted by Gasteiger charge is -2.27. The van der Waals surface area contributed by atoms with E-state index in [2.05, 4.69) is 5.32 Å². The molecule has 1 heterocycles. The molecule has 0 saturated carbocycles. The molecule has 0 spiro atoms. The molecule has 0 saturated heterocycles. The molecule has 2 aromatic rings. The van der Waals surface area contributed by atoms with Gasteiger partial charge in [-0.15, -0.1) is 0 Å². The summed E-state index contributed by atoms with van der Waals surface area (Å²) in [6.07, 6.45) is 2.16. The average Bonchev–Trinajstić information content (AvgIpc) is 2.61. The number of sulfonamides is 1. The van der Waals surface area contributed by atoms with Gasteiger partial charge < -0.3 is 10.1 Å². The fourth-order valence-electron chi connectivity index (χ4n) is 3.03. The van der Waals surface area contributed by atoms with E-state index in [1.54, 1.807) is 7.11 Å². The molecule has 0 aromatic heterocycles. The number of benzene rings is 2. The number of anilines is 1. The Balaban J connectivity index is 1.67. The highest BCUT2D eigenvalue weighted by Gasteiger charge is 2.23. The Labute approximate surface area is 153 Å². The van der Waals surface area contributed by atoms with Gasteiger partial charge in [0.25, 0.3) is 0 Å². The summed E-state index contributed by atoms with van der Waals surface area (Å²) in [5, 5.41) is 2.88. The summed E-state index contributed by atoms with van der Waals surface area (Å²) in [5.74, 6) is 0.630. The number of hydrogen-bond donors (Lipinski definition) is 1. The summed E-state index contributed by atoms with van der Waals surface area (Å²) >= 11 is 0. The maximum atomic E-state index is 12.3. The van der Waals surface area contributed by atoms with Crippen LogP contribution in [0.25, 0.3) is 0 Å². The second kappa shape index (κ2) is 7.47. The van der Waals surface area contributed by atoms with Crippen LogP contribution in [0.15, 0.2) is 42.5 Å². The second-order valence-corrected chi connectivity index (χ2v) is 8.39. The lowest BCUT2D eigenvalue weighted by Crippen LogP contribution is -2.35. The summed E-state index contributed by atoms with van der Waals surface area (Å²) in [6.45, 7) is 0.839. The Morgan fingerprint density at radius 1 is 1.15 bits per heavy atom. The van der Waals surface area contributed by atoms with Crippen molar-refractivity contribution in [3.05, 3.63) is 59.2 Å². The SMILES string of the molecule is COc1ccc(CC(=O)Nc2ccc3c(c2)CN(S(C)(=O)=O)CC3)cc1. The average molecular weight is 374 g/mol. The zero-order chi connectivity index (χ0) is 18.7. The molecular weight excluding hydrogens is 352 g/mol. The topological polar surface area (TPSA) is 75.7 Å². The predicted octanol–water partition coefficient (Wildman–Crippen LogP) is 2.19. The van der Waals surface area contributed by atoms with Gasteiger partial charge in [-0.2, -0.15) is 4.31 Å². The van der Waals surface area contributed by atoms with Crippen molar-refractivity contribution in [2.45, 2.75) is 19.4 Å². The molecule has 3 rings (SSSR count). The van der Waals surface area contributed by atoms with Gasteiger partial charge in [0.1, 0.15) is 5.75 Å². The van der Waals surface area contributed by atoms with E-state index in [0.717, 1.165) is 22.4 Å². The van der Waals surface area contributed by atoms with Gasteiger partial charge in [0.05, 0.1) is 19.8 Å². The number of amides is 1. The number of rotatable bonds is 5. The Bertz CT molecular complexity index is 908. The Morgan fingerprint density at radius 3 is 2.54 bits per heavy atom. The molecular formula is C19H22N2O4S. The van der Waals surface area contributed by atoms with E-state index < -0.39 is 10.0 Å². The molecule has 1 amide bonds. The van der Waals surface area contributed by atoms with Crippen molar-refractivity contribution in [3.8, 4) is 5.75 Å². The molecule has 0 atom stereocenters. The number of hydrogen-bond acceptors (Lipinski definition) is 4. The smallest absolute Gasteiger partial charge is 0.228 e. The number of methoxy groups -OCH3 is 1. The quantitative estimate of drug-likeness (QED) is 0.871. The minimum absolute atomic E-state index is 0.120. The molecule has 1 aliphatic heterocycles. The number of ether oxygens (including phenoxy) is 1. The van der Waals surface area contributed by atoms with Gasteiger partial charge in [-0.25, -0.2) is 8.42 Å². The van der Waals surface area contributed by atoms with Gasteiger partial charge in [-0.3, -0.25) is 4.79 Å². The van der Waals surface area contributed by atoms with Crippen LogP contribution in [0.1, 0.15) is 16.7 Å². The van der Waals surface area contributed by atoms with Gasteiger partial charge >= 0.3 is 0 Å². The standard InChI is InChI=1S/C19H22N2O4S/c1-25-18-7-3-14(4-8-18)11-19(22)20-17-6-5-15-9-10-21(26(2,23)24)13-16(15)12-17/h3-8,12H,9-11,13H2,1-2H3,(H,20,22). The van der Waals surface area contributed by atoms with E-state index in [4.69, 9.17) is 4.74 Å². The van der Waals surface area contributed by atoms with Crippen LogP contribution in [0.5, 0.6) is 5.75 Å². The highest BCUT2D eigenvalue weighted by molar-refractivity contribution is 7.88.